The molecule has 0 radical (unpaired) electrons. The van der Waals surface area contributed by atoms with Crippen molar-refractivity contribution in [1.82, 2.24) is 4.98 Å². The summed E-state index contributed by atoms with van der Waals surface area (Å²) in [6.07, 6.45) is 5.28. The molecule has 0 saturated heterocycles. The summed E-state index contributed by atoms with van der Waals surface area (Å²) in [5, 5.41) is 1.07. The van der Waals surface area contributed by atoms with Crippen LogP contribution < -0.4 is 0 Å². The molecule has 76 valence electrons. The highest BCUT2D eigenvalue weighted by atomic mass is 32.1. The van der Waals surface area contributed by atoms with Gasteiger partial charge in [-0.1, -0.05) is 0 Å². The van der Waals surface area contributed by atoms with E-state index in [-0.39, 0.29) is 5.97 Å². The van der Waals surface area contributed by atoms with E-state index in [0.29, 0.717) is 11.5 Å². The molecule has 0 spiro atoms. The number of aromatic nitrogens is 1. The van der Waals surface area contributed by atoms with Crippen molar-refractivity contribution in [3.63, 3.8) is 0 Å². The van der Waals surface area contributed by atoms with E-state index in [0.717, 1.165) is 17.3 Å². The Morgan fingerprint density at radius 3 is 3.14 bits per heavy atom. The third-order valence-corrected chi connectivity index (χ3v) is 3.19. The van der Waals surface area contributed by atoms with Crippen LogP contribution in [0.15, 0.2) is 6.20 Å². The van der Waals surface area contributed by atoms with Crippen molar-refractivity contribution in [2.45, 2.75) is 26.2 Å². The minimum atomic E-state index is -0.243. The molecule has 0 bridgehead atoms. The highest BCUT2D eigenvalue weighted by Crippen LogP contribution is 2.33. The maximum absolute atomic E-state index is 11.3. The van der Waals surface area contributed by atoms with Gasteiger partial charge in [0.15, 0.2) is 0 Å². The molecule has 1 aliphatic rings. The van der Waals surface area contributed by atoms with Crippen molar-refractivity contribution in [1.29, 1.82) is 0 Å². The van der Waals surface area contributed by atoms with Crippen LogP contribution in [0.3, 0.4) is 0 Å². The highest BCUT2D eigenvalue weighted by Gasteiger charge is 2.23. The molecule has 1 saturated carbocycles. The standard InChI is InChI=1S/C10H13NO2S/c1-2-13-10(12)8-6-11-9(14-8)5-7-3-4-7/h6-7H,2-5H2,1H3. The van der Waals surface area contributed by atoms with Crippen molar-refractivity contribution in [3.05, 3.63) is 16.1 Å². The topological polar surface area (TPSA) is 39.2 Å². The molecule has 1 fully saturated rings. The quantitative estimate of drug-likeness (QED) is 0.717. The molecule has 0 aromatic carbocycles. The Kier molecular flexibility index (Phi) is 2.82. The number of esters is 1. The van der Waals surface area contributed by atoms with Gasteiger partial charge in [-0.05, 0) is 25.7 Å². The molecule has 0 N–H and O–H groups in total. The maximum atomic E-state index is 11.3. The molecule has 2 rings (SSSR count). The van der Waals surface area contributed by atoms with Gasteiger partial charge in [-0.2, -0.15) is 0 Å². The van der Waals surface area contributed by atoms with Crippen LogP contribution in [0, 0.1) is 5.92 Å². The first kappa shape index (κ1) is 9.65. The van der Waals surface area contributed by atoms with Crippen LogP contribution in [0.2, 0.25) is 0 Å². The van der Waals surface area contributed by atoms with Crippen molar-refractivity contribution >= 4 is 17.3 Å². The number of carbonyl (C=O) groups excluding carboxylic acids is 1. The van der Waals surface area contributed by atoms with Gasteiger partial charge in [0.05, 0.1) is 17.8 Å². The average molecular weight is 211 g/mol. The summed E-state index contributed by atoms with van der Waals surface area (Å²) in [6, 6.07) is 0. The summed E-state index contributed by atoms with van der Waals surface area (Å²) in [5.41, 5.74) is 0. The maximum Gasteiger partial charge on any atom is 0.349 e. The van der Waals surface area contributed by atoms with Crippen molar-refractivity contribution in [2.75, 3.05) is 6.61 Å². The van der Waals surface area contributed by atoms with Crippen molar-refractivity contribution in [3.8, 4) is 0 Å². The Morgan fingerprint density at radius 1 is 1.71 bits per heavy atom. The lowest BCUT2D eigenvalue weighted by Gasteiger charge is -1.95. The lowest BCUT2D eigenvalue weighted by molar-refractivity contribution is 0.0532. The largest absolute Gasteiger partial charge is 0.462 e. The molecule has 1 aromatic heterocycles. The number of nitrogens with zero attached hydrogens (tertiary/aromatic N) is 1. The second-order valence-electron chi connectivity index (χ2n) is 3.49. The van der Waals surface area contributed by atoms with Gasteiger partial charge in [0.25, 0.3) is 0 Å². The normalized spacial score (nSPS) is 15.5. The van der Waals surface area contributed by atoms with Gasteiger partial charge in [-0.25, -0.2) is 9.78 Å². The summed E-state index contributed by atoms with van der Waals surface area (Å²) in [7, 11) is 0. The van der Waals surface area contributed by atoms with E-state index in [1.165, 1.54) is 24.2 Å². The van der Waals surface area contributed by atoms with E-state index in [4.69, 9.17) is 4.74 Å². The molecular weight excluding hydrogens is 198 g/mol. The van der Waals surface area contributed by atoms with E-state index in [1.807, 2.05) is 6.92 Å². The summed E-state index contributed by atoms with van der Waals surface area (Å²) < 4.78 is 4.89. The Labute approximate surface area is 87.1 Å². The van der Waals surface area contributed by atoms with E-state index < -0.39 is 0 Å². The summed E-state index contributed by atoms with van der Waals surface area (Å²) >= 11 is 1.46. The van der Waals surface area contributed by atoms with Crippen LogP contribution in [0.4, 0.5) is 0 Å². The molecule has 0 atom stereocenters. The van der Waals surface area contributed by atoms with Crippen LogP contribution in [-0.4, -0.2) is 17.6 Å². The van der Waals surface area contributed by atoms with Gasteiger partial charge >= 0.3 is 5.97 Å². The molecule has 1 aromatic rings. The Bertz CT molecular complexity index is 331. The molecule has 3 nitrogen and oxygen atoms in total. The Morgan fingerprint density at radius 2 is 2.50 bits per heavy atom. The molecule has 1 aliphatic carbocycles. The molecule has 0 unspecified atom stereocenters. The van der Waals surface area contributed by atoms with Crippen molar-refractivity contribution < 1.29 is 9.53 Å². The van der Waals surface area contributed by atoms with Gasteiger partial charge in [-0.3, -0.25) is 0 Å². The van der Waals surface area contributed by atoms with Gasteiger partial charge < -0.3 is 4.74 Å². The lowest BCUT2D eigenvalue weighted by atomic mass is 10.3. The van der Waals surface area contributed by atoms with Crippen LogP contribution in [-0.2, 0) is 11.2 Å². The lowest BCUT2D eigenvalue weighted by Crippen LogP contribution is -2.01. The van der Waals surface area contributed by atoms with Crippen LogP contribution >= 0.6 is 11.3 Å². The van der Waals surface area contributed by atoms with Crippen molar-refractivity contribution in [2.24, 2.45) is 5.92 Å². The second kappa shape index (κ2) is 4.09. The minimum Gasteiger partial charge on any atom is -0.462 e. The first-order valence-electron chi connectivity index (χ1n) is 4.91. The number of carbonyl (C=O) groups is 1. The number of rotatable bonds is 4. The third-order valence-electron chi connectivity index (χ3n) is 2.19. The average Bonchev–Trinajstić information content (AvgIpc) is 2.82. The zero-order valence-corrected chi connectivity index (χ0v) is 8.97. The zero-order chi connectivity index (χ0) is 9.97. The molecule has 1 heterocycles. The fraction of sp³-hybridized carbons (Fsp3) is 0.600. The van der Waals surface area contributed by atoms with E-state index in [9.17, 15) is 4.79 Å². The van der Waals surface area contributed by atoms with Crippen LogP contribution in [0.25, 0.3) is 0 Å². The monoisotopic (exact) mass is 211 g/mol. The SMILES string of the molecule is CCOC(=O)c1cnc(CC2CC2)s1. The van der Waals surface area contributed by atoms with Gasteiger partial charge in [0.1, 0.15) is 4.88 Å². The summed E-state index contributed by atoms with van der Waals surface area (Å²) in [5.74, 6) is 0.572. The highest BCUT2D eigenvalue weighted by molar-refractivity contribution is 7.13. The Hall–Kier alpha value is -0.900. The van der Waals surface area contributed by atoms with Gasteiger partial charge in [0.2, 0.25) is 0 Å². The van der Waals surface area contributed by atoms with Gasteiger partial charge in [0, 0.05) is 6.42 Å². The number of ether oxygens (including phenoxy) is 1. The Balaban J connectivity index is 1.97. The third kappa shape index (κ3) is 2.32. The smallest absolute Gasteiger partial charge is 0.349 e. The summed E-state index contributed by atoms with van der Waals surface area (Å²) in [4.78, 5) is 16.2. The zero-order valence-electron chi connectivity index (χ0n) is 8.16. The van der Waals surface area contributed by atoms with Gasteiger partial charge in [-0.15, -0.1) is 11.3 Å². The molecule has 0 aliphatic heterocycles. The van der Waals surface area contributed by atoms with Crippen LogP contribution in [0.5, 0.6) is 0 Å². The van der Waals surface area contributed by atoms with Crippen LogP contribution in [0.1, 0.15) is 34.4 Å². The first-order valence-corrected chi connectivity index (χ1v) is 5.73. The van der Waals surface area contributed by atoms with E-state index in [2.05, 4.69) is 4.98 Å². The molecular formula is C10H13NO2S. The molecule has 0 amide bonds. The predicted molar refractivity (Wildman–Crippen MR) is 54.5 cm³/mol. The van der Waals surface area contributed by atoms with E-state index in [1.54, 1.807) is 6.20 Å². The minimum absolute atomic E-state index is 0.243. The van der Waals surface area contributed by atoms with E-state index >= 15 is 0 Å². The number of hydrogen-bond donors (Lipinski definition) is 0. The summed E-state index contributed by atoms with van der Waals surface area (Å²) in [6.45, 7) is 2.23. The number of thiazole rings is 1. The number of hydrogen-bond acceptors (Lipinski definition) is 4. The second-order valence-corrected chi connectivity index (χ2v) is 4.60. The fourth-order valence-corrected chi connectivity index (χ4v) is 2.20. The molecule has 4 heteroatoms. The fourth-order valence-electron chi connectivity index (χ4n) is 1.27. The predicted octanol–water partition coefficient (Wildman–Crippen LogP) is 2.27. The first-order chi connectivity index (χ1) is 6.79. The molecule has 14 heavy (non-hydrogen) atoms.